The number of thiocarbonyl (C=S) groups is 1. The number of nitrogens with zero attached hydrogens (tertiary/aromatic N) is 2. The maximum atomic E-state index is 13.6. The van der Waals surface area contributed by atoms with Crippen LogP contribution in [0.1, 0.15) is 5.56 Å². The predicted octanol–water partition coefficient (Wildman–Crippen LogP) is 7.28. The van der Waals surface area contributed by atoms with Crippen molar-refractivity contribution in [3.8, 4) is 5.75 Å². The number of benzene rings is 4. The lowest BCUT2D eigenvalue weighted by Gasteiger charge is -2.17. The summed E-state index contributed by atoms with van der Waals surface area (Å²) in [6.45, 7) is 1.24. The van der Waals surface area contributed by atoms with Crippen LogP contribution in [0.4, 0.5) is 5.69 Å². The summed E-state index contributed by atoms with van der Waals surface area (Å²) in [6.07, 6.45) is 4.05. The third-order valence-electron chi connectivity index (χ3n) is 6.25. The van der Waals surface area contributed by atoms with Crippen molar-refractivity contribution < 1.29 is 9.53 Å². The van der Waals surface area contributed by atoms with E-state index in [2.05, 4.69) is 22.9 Å². The Bertz CT molecular complexity index is 1630. The molecule has 4 nitrogen and oxygen atoms in total. The number of rotatable bonds is 6. The van der Waals surface area contributed by atoms with Crippen molar-refractivity contribution in [2.24, 2.45) is 0 Å². The van der Waals surface area contributed by atoms with E-state index in [0.717, 1.165) is 38.7 Å². The summed E-state index contributed by atoms with van der Waals surface area (Å²) in [7, 11) is 0. The summed E-state index contributed by atoms with van der Waals surface area (Å²) in [4.78, 5) is 15.8. The number of para-hydroxylation sites is 2. The summed E-state index contributed by atoms with van der Waals surface area (Å²) in [5, 5.41) is 3.18. The average molecular weight is 507 g/mol. The van der Waals surface area contributed by atoms with E-state index in [1.165, 1.54) is 11.8 Å². The van der Waals surface area contributed by atoms with Gasteiger partial charge < -0.3 is 9.30 Å². The van der Waals surface area contributed by atoms with Gasteiger partial charge in [-0.2, -0.15) is 0 Å². The molecule has 1 fully saturated rings. The number of ether oxygens (including phenoxy) is 1. The van der Waals surface area contributed by atoms with Gasteiger partial charge in [-0.05, 0) is 35.7 Å². The van der Waals surface area contributed by atoms with Crippen molar-refractivity contribution in [2.45, 2.75) is 6.54 Å². The van der Waals surface area contributed by atoms with E-state index in [9.17, 15) is 4.79 Å². The Morgan fingerprint density at radius 3 is 2.42 bits per heavy atom. The lowest BCUT2D eigenvalue weighted by atomic mass is 10.1. The Labute approximate surface area is 218 Å². The first kappa shape index (κ1) is 22.6. The molecule has 5 aromatic rings. The summed E-state index contributed by atoms with van der Waals surface area (Å²) in [5.74, 6) is 0.761. The number of hydrogen-bond donors (Lipinski definition) is 0. The van der Waals surface area contributed by atoms with Gasteiger partial charge in [-0.25, -0.2) is 0 Å². The fourth-order valence-electron chi connectivity index (χ4n) is 4.57. The first-order valence-corrected chi connectivity index (χ1v) is 12.9. The first-order chi connectivity index (χ1) is 17.7. The fourth-order valence-corrected chi connectivity index (χ4v) is 5.85. The minimum absolute atomic E-state index is 0.0920. The lowest BCUT2D eigenvalue weighted by molar-refractivity contribution is -0.113. The molecule has 1 aliphatic heterocycles. The number of carbonyl (C=O) groups excluding carboxylic acids is 1. The van der Waals surface area contributed by atoms with Gasteiger partial charge in [0.05, 0.1) is 17.1 Å². The average Bonchev–Trinajstić information content (AvgIpc) is 3.40. The van der Waals surface area contributed by atoms with Crippen molar-refractivity contribution in [1.82, 2.24) is 4.57 Å². The third kappa shape index (κ3) is 4.19. The molecule has 176 valence electrons. The molecule has 36 heavy (non-hydrogen) atoms. The second kappa shape index (κ2) is 9.64. The van der Waals surface area contributed by atoms with E-state index >= 15 is 0 Å². The maximum absolute atomic E-state index is 13.6. The van der Waals surface area contributed by atoms with Gasteiger partial charge in [0, 0.05) is 28.0 Å². The molecule has 0 aliphatic carbocycles. The van der Waals surface area contributed by atoms with E-state index in [0.29, 0.717) is 22.4 Å². The van der Waals surface area contributed by atoms with Gasteiger partial charge in [0.25, 0.3) is 5.91 Å². The smallest absolute Gasteiger partial charge is 0.270 e. The molecule has 2 heterocycles. The SMILES string of the molecule is O=C1/C(=C\c2cn(CCOc3ccccc3)c3ccccc23)SC(=S)N1c1cccc2ccccc12. The molecule has 0 unspecified atom stereocenters. The molecule has 4 aromatic carbocycles. The number of carbonyl (C=O) groups is 1. The molecule has 0 spiro atoms. The molecule has 0 radical (unpaired) electrons. The Hall–Kier alpha value is -3.87. The number of thioether (sulfide) groups is 1. The Morgan fingerprint density at radius 1 is 0.833 bits per heavy atom. The van der Waals surface area contributed by atoms with Crippen LogP contribution in [0.3, 0.4) is 0 Å². The molecule has 0 saturated carbocycles. The predicted molar refractivity (Wildman–Crippen MR) is 153 cm³/mol. The zero-order valence-corrected chi connectivity index (χ0v) is 21.0. The standard InChI is InChI=1S/C30H22N2O2S2/c33-29-28(36-30(35)32(29)27-16-8-10-21-9-4-5-13-24(21)27)19-22-20-31(26-15-7-6-14-25(22)26)17-18-34-23-11-2-1-3-12-23/h1-16,19-20H,17-18H2/b28-19+. The fraction of sp³-hybridized carbons (Fsp3) is 0.0667. The second-order valence-electron chi connectivity index (χ2n) is 8.47. The highest BCUT2D eigenvalue weighted by molar-refractivity contribution is 8.27. The monoisotopic (exact) mass is 506 g/mol. The van der Waals surface area contributed by atoms with E-state index in [-0.39, 0.29) is 5.91 Å². The molecule has 1 aliphatic rings. The van der Waals surface area contributed by atoms with Gasteiger partial charge in [-0.3, -0.25) is 9.69 Å². The summed E-state index contributed by atoms with van der Waals surface area (Å²) in [6, 6.07) is 32.1. The largest absolute Gasteiger partial charge is 0.492 e. The van der Waals surface area contributed by atoms with Crippen LogP contribution in [0.15, 0.2) is 108 Å². The van der Waals surface area contributed by atoms with Crippen LogP contribution >= 0.6 is 24.0 Å². The first-order valence-electron chi connectivity index (χ1n) is 11.7. The van der Waals surface area contributed by atoms with Crippen LogP contribution in [0.2, 0.25) is 0 Å². The molecule has 0 atom stereocenters. The van der Waals surface area contributed by atoms with E-state index in [1.54, 1.807) is 4.90 Å². The number of anilines is 1. The van der Waals surface area contributed by atoms with E-state index in [4.69, 9.17) is 17.0 Å². The van der Waals surface area contributed by atoms with Crippen LogP contribution < -0.4 is 9.64 Å². The highest BCUT2D eigenvalue weighted by Gasteiger charge is 2.34. The molecule has 1 amide bonds. The van der Waals surface area contributed by atoms with Gasteiger partial charge in [0.1, 0.15) is 12.4 Å². The van der Waals surface area contributed by atoms with Crippen LogP contribution in [0.25, 0.3) is 27.8 Å². The Morgan fingerprint density at radius 2 is 1.56 bits per heavy atom. The van der Waals surface area contributed by atoms with Gasteiger partial charge in [0.15, 0.2) is 4.32 Å². The number of hydrogen-bond acceptors (Lipinski definition) is 4. The Balaban J connectivity index is 1.31. The topological polar surface area (TPSA) is 34.5 Å². The number of amides is 1. The van der Waals surface area contributed by atoms with Crippen molar-refractivity contribution >= 4 is 67.6 Å². The molecule has 0 N–H and O–H groups in total. The highest BCUT2D eigenvalue weighted by Crippen LogP contribution is 2.39. The quantitative estimate of drug-likeness (QED) is 0.179. The molecule has 1 saturated heterocycles. The van der Waals surface area contributed by atoms with Crippen molar-refractivity contribution in [2.75, 3.05) is 11.5 Å². The van der Waals surface area contributed by atoms with Gasteiger partial charge in [-0.1, -0.05) is 96.8 Å². The maximum Gasteiger partial charge on any atom is 0.270 e. The van der Waals surface area contributed by atoms with Gasteiger partial charge >= 0.3 is 0 Å². The minimum Gasteiger partial charge on any atom is -0.492 e. The van der Waals surface area contributed by atoms with Crippen LogP contribution in [0.5, 0.6) is 5.75 Å². The van der Waals surface area contributed by atoms with E-state index < -0.39 is 0 Å². The van der Waals surface area contributed by atoms with E-state index in [1.807, 2.05) is 91.0 Å². The molecular formula is C30H22N2O2S2. The van der Waals surface area contributed by atoms with Crippen molar-refractivity contribution in [3.63, 3.8) is 0 Å². The molecule has 1 aromatic heterocycles. The number of aromatic nitrogens is 1. The molecule has 6 heteroatoms. The second-order valence-corrected chi connectivity index (χ2v) is 10.1. The molecular weight excluding hydrogens is 484 g/mol. The Kier molecular flexibility index (Phi) is 6.05. The van der Waals surface area contributed by atoms with Crippen LogP contribution in [-0.4, -0.2) is 21.4 Å². The molecule has 6 rings (SSSR count). The molecule has 0 bridgehead atoms. The zero-order valence-electron chi connectivity index (χ0n) is 19.3. The van der Waals surface area contributed by atoms with Crippen LogP contribution in [0, 0.1) is 0 Å². The van der Waals surface area contributed by atoms with Crippen LogP contribution in [-0.2, 0) is 11.3 Å². The summed E-state index contributed by atoms with van der Waals surface area (Å²) < 4.78 is 8.63. The van der Waals surface area contributed by atoms with Crippen molar-refractivity contribution in [1.29, 1.82) is 0 Å². The number of fused-ring (bicyclic) bond motifs is 2. The highest BCUT2D eigenvalue weighted by atomic mass is 32.2. The van der Waals surface area contributed by atoms with Gasteiger partial charge in [0.2, 0.25) is 0 Å². The lowest BCUT2D eigenvalue weighted by Crippen LogP contribution is -2.27. The summed E-state index contributed by atoms with van der Waals surface area (Å²) >= 11 is 7.01. The minimum atomic E-state index is -0.0920. The van der Waals surface area contributed by atoms with Gasteiger partial charge in [-0.15, -0.1) is 0 Å². The van der Waals surface area contributed by atoms with Crippen molar-refractivity contribution in [3.05, 3.63) is 114 Å². The zero-order chi connectivity index (χ0) is 24.5. The summed E-state index contributed by atoms with van der Waals surface area (Å²) in [5.41, 5.74) is 2.91. The third-order valence-corrected chi connectivity index (χ3v) is 7.55. The normalized spacial score (nSPS) is 14.9.